The Labute approximate surface area is 101 Å². The minimum atomic E-state index is -1.16. The van der Waals surface area contributed by atoms with Crippen molar-refractivity contribution >= 4 is 0 Å². The van der Waals surface area contributed by atoms with Gasteiger partial charge in [0, 0.05) is 10.5 Å². The zero-order valence-electron chi connectivity index (χ0n) is 10.4. The molecule has 1 fully saturated rings. The second-order valence-corrected chi connectivity index (χ2v) is 5.24. The topological polar surface area (TPSA) is 61.6 Å². The predicted molar refractivity (Wildman–Crippen MR) is 62.3 cm³/mol. The minimum Gasteiger partial charge on any atom is -0.343 e. The summed E-state index contributed by atoms with van der Waals surface area (Å²) in [6, 6.07) is 0. The summed E-state index contributed by atoms with van der Waals surface area (Å²) in [5.41, 5.74) is -0.278. The third-order valence-corrected chi connectivity index (χ3v) is 3.56. The third kappa shape index (κ3) is 2.35. The predicted octanol–water partition coefficient (Wildman–Crippen LogP) is 2.29. The molecule has 0 spiro atoms. The maximum absolute atomic E-state index is 11.4. The largest absolute Gasteiger partial charge is 0.343 e. The Morgan fingerprint density at radius 3 is 2.41 bits per heavy atom. The van der Waals surface area contributed by atoms with E-state index < -0.39 is 11.3 Å². The number of allylic oxidation sites excluding steroid dienone is 1. The highest BCUT2D eigenvalue weighted by Gasteiger charge is 2.52. The molecule has 96 valence electrons. The van der Waals surface area contributed by atoms with Crippen LogP contribution in [0.3, 0.4) is 0 Å². The number of hydrogen-bond donors (Lipinski definition) is 0. The zero-order valence-corrected chi connectivity index (χ0v) is 10.4. The van der Waals surface area contributed by atoms with Gasteiger partial charge >= 0.3 is 0 Å². The van der Waals surface area contributed by atoms with Crippen molar-refractivity contribution in [2.45, 2.75) is 50.9 Å². The van der Waals surface area contributed by atoms with Gasteiger partial charge in [0.25, 0.3) is 5.54 Å². The van der Waals surface area contributed by atoms with E-state index >= 15 is 0 Å². The van der Waals surface area contributed by atoms with E-state index in [9.17, 15) is 10.1 Å². The quantitative estimate of drug-likeness (QED) is 0.423. The van der Waals surface area contributed by atoms with Gasteiger partial charge in [0.2, 0.25) is 0 Å². The lowest BCUT2D eigenvalue weighted by Gasteiger charge is -2.39. The van der Waals surface area contributed by atoms with Crippen molar-refractivity contribution in [3.05, 3.63) is 21.8 Å². The first kappa shape index (κ1) is 12.5. The third-order valence-electron chi connectivity index (χ3n) is 3.56. The fraction of sp³-hybridized carbons (Fsp3) is 0.833. The molecule has 0 unspecified atom stereocenters. The van der Waals surface area contributed by atoms with Crippen LogP contribution >= 0.6 is 0 Å². The maximum atomic E-state index is 11.4. The number of nitrogens with zero attached hydrogens (tertiary/aromatic N) is 1. The molecule has 1 saturated heterocycles. The fourth-order valence-electron chi connectivity index (χ4n) is 2.34. The molecule has 0 bridgehead atoms. The lowest BCUT2D eigenvalue weighted by molar-refractivity contribution is -0.584. The maximum Gasteiger partial charge on any atom is 0.289 e. The zero-order chi connectivity index (χ0) is 12.5. The standard InChI is InChI=1S/C12H19NO4/c1-11(2)16-8-12(9-17-11,13(14)15)10-6-4-3-5-7-10/h6H,3-5,7-9H2,1-2H3. The molecule has 2 rings (SSSR count). The summed E-state index contributed by atoms with van der Waals surface area (Å²) < 4.78 is 11.0. The SMILES string of the molecule is CC1(C)OCC(C2=CCCCC2)([N+](=O)[O-])CO1. The average molecular weight is 241 g/mol. The van der Waals surface area contributed by atoms with Crippen molar-refractivity contribution in [1.82, 2.24) is 0 Å². The molecule has 1 aliphatic heterocycles. The van der Waals surface area contributed by atoms with E-state index in [1.54, 1.807) is 13.8 Å². The van der Waals surface area contributed by atoms with Gasteiger partial charge in [0.05, 0.1) is 0 Å². The number of rotatable bonds is 2. The van der Waals surface area contributed by atoms with E-state index in [0.717, 1.165) is 31.3 Å². The molecule has 5 nitrogen and oxygen atoms in total. The summed E-state index contributed by atoms with van der Waals surface area (Å²) in [6.45, 7) is 3.79. The van der Waals surface area contributed by atoms with Gasteiger partial charge < -0.3 is 9.47 Å². The van der Waals surface area contributed by atoms with Gasteiger partial charge in [0.15, 0.2) is 5.79 Å². The van der Waals surface area contributed by atoms with Gasteiger partial charge in [-0.1, -0.05) is 6.08 Å². The summed E-state index contributed by atoms with van der Waals surface area (Å²) in [4.78, 5) is 11.2. The molecule has 0 aromatic carbocycles. The summed E-state index contributed by atoms with van der Waals surface area (Å²) in [5, 5.41) is 11.4. The molecule has 1 aliphatic carbocycles. The highest BCUT2D eigenvalue weighted by Crippen LogP contribution is 2.35. The van der Waals surface area contributed by atoms with Crippen LogP contribution in [0.1, 0.15) is 39.5 Å². The first-order chi connectivity index (χ1) is 7.96. The Morgan fingerprint density at radius 2 is 1.94 bits per heavy atom. The Balaban J connectivity index is 2.22. The summed E-state index contributed by atoms with van der Waals surface area (Å²) in [7, 11) is 0. The van der Waals surface area contributed by atoms with Gasteiger partial charge in [-0.15, -0.1) is 0 Å². The molecular formula is C12H19NO4. The normalized spacial score (nSPS) is 27.3. The van der Waals surface area contributed by atoms with Crippen molar-refractivity contribution in [1.29, 1.82) is 0 Å². The van der Waals surface area contributed by atoms with Gasteiger partial charge in [-0.05, 0) is 39.5 Å². The van der Waals surface area contributed by atoms with Crippen molar-refractivity contribution in [2.75, 3.05) is 13.2 Å². The van der Waals surface area contributed by atoms with Crippen LogP contribution in [0.5, 0.6) is 0 Å². The minimum absolute atomic E-state index is 0.110. The van der Waals surface area contributed by atoms with Crippen LogP contribution in [-0.2, 0) is 9.47 Å². The van der Waals surface area contributed by atoms with Crippen LogP contribution in [0.15, 0.2) is 11.6 Å². The molecule has 1 heterocycles. The number of nitro groups is 1. The molecule has 0 atom stereocenters. The van der Waals surface area contributed by atoms with Gasteiger partial charge in [-0.2, -0.15) is 0 Å². The van der Waals surface area contributed by atoms with Crippen molar-refractivity contribution in [3.63, 3.8) is 0 Å². The number of ether oxygens (including phenoxy) is 2. The van der Waals surface area contributed by atoms with Crippen molar-refractivity contribution in [2.24, 2.45) is 0 Å². The van der Waals surface area contributed by atoms with Gasteiger partial charge in [0.1, 0.15) is 13.2 Å². The Bertz CT molecular complexity index is 338. The van der Waals surface area contributed by atoms with Gasteiger partial charge in [-0.25, -0.2) is 0 Å². The molecule has 17 heavy (non-hydrogen) atoms. The van der Waals surface area contributed by atoms with E-state index in [2.05, 4.69) is 0 Å². The number of hydrogen-bond acceptors (Lipinski definition) is 4. The lowest BCUT2D eigenvalue weighted by atomic mass is 9.83. The molecule has 5 heteroatoms. The molecule has 0 radical (unpaired) electrons. The van der Waals surface area contributed by atoms with Crippen LogP contribution in [-0.4, -0.2) is 29.5 Å². The van der Waals surface area contributed by atoms with E-state index in [4.69, 9.17) is 9.47 Å². The molecule has 2 aliphatic rings. The second-order valence-electron chi connectivity index (χ2n) is 5.24. The van der Waals surface area contributed by atoms with Crippen LogP contribution < -0.4 is 0 Å². The van der Waals surface area contributed by atoms with Crippen LogP contribution in [0, 0.1) is 10.1 Å². The Hall–Kier alpha value is -0.940. The molecule has 0 aromatic rings. The fourth-order valence-corrected chi connectivity index (χ4v) is 2.34. The Kier molecular flexibility index (Phi) is 3.23. The highest BCUT2D eigenvalue weighted by molar-refractivity contribution is 5.20. The van der Waals surface area contributed by atoms with E-state index in [-0.39, 0.29) is 18.1 Å². The van der Waals surface area contributed by atoms with E-state index in [1.807, 2.05) is 6.08 Å². The summed E-state index contributed by atoms with van der Waals surface area (Å²) in [5.74, 6) is -0.714. The van der Waals surface area contributed by atoms with E-state index in [1.165, 1.54) is 0 Å². The average Bonchev–Trinajstić information content (AvgIpc) is 2.30. The lowest BCUT2D eigenvalue weighted by Crippen LogP contribution is -2.57. The molecule has 0 amide bonds. The van der Waals surface area contributed by atoms with Crippen LogP contribution in [0.4, 0.5) is 0 Å². The molecule has 0 aromatic heterocycles. The van der Waals surface area contributed by atoms with Crippen molar-refractivity contribution in [3.8, 4) is 0 Å². The van der Waals surface area contributed by atoms with Gasteiger partial charge in [-0.3, -0.25) is 10.1 Å². The first-order valence-corrected chi connectivity index (χ1v) is 6.08. The van der Waals surface area contributed by atoms with E-state index in [0.29, 0.717) is 0 Å². The smallest absolute Gasteiger partial charge is 0.289 e. The van der Waals surface area contributed by atoms with Crippen molar-refractivity contribution < 1.29 is 14.4 Å². The second kappa shape index (κ2) is 4.38. The molecule has 0 saturated carbocycles. The highest BCUT2D eigenvalue weighted by atomic mass is 16.7. The van der Waals surface area contributed by atoms with Crippen LogP contribution in [0.2, 0.25) is 0 Å². The molecule has 0 N–H and O–H groups in total. The summed E-state index contributed by atoms with van der Waals surface area (Å²) in [6.07, 6.45) is 5.84. The van der Waals surface area contributed by atoms with Crippen LogP contribution in [0.25, 0.3) is 0 Å². The first-order valence-electron chi connectivity index (χ1n) is 6.08. The Morgan fingerprint density at radius 1 is 1.29 bits per heavy atom. The molecular weight excluding hydrogens is 222 g/mol. The monoisotopic (exact) mass is 241 g/mol. The summed E-state index contributed by atoms with van der Waals surface area (Å²) >= 11 is 0.